The van der Waals surface area contributed by atoms with Crippen molar-refractivity contribution < 1.29 is 4.79 Å². The molecular formula is C8H16N6OS. The lowest BCUT2D eigenvalue weighted by Gasteiger charge is -2.14. The zero-order valence-corrected chi connectivity index (χ0v) is 10.2. The van der Waals surface area contributed by atoms with Crippen LogP contribution < -0.4 is 16.6 Å². The summed E-state index contributed by atoms with van der Waals surface area (Å²) in [6, 6.07) is 0. The van der Waals surface area contributed by atoms with E-state index in [-0.39, 0.29) is 5.91 Å². The minimum atomic E-state index is -0.00422. The SMILES string of the molecule is CCNC(=O)CN(C)Cc1nnsc1NN. The highest BCUT2D eigenvalue weighted by atomic mass is 32.1. The minimum Gasteiger partial charge on any atom is -0.355 e. The molecule has 1 aromatic heterocycles. The molecule has 1 rings (SSSR count). The third-order valence-electron chi connectivity index (χ3n) is 1.89. The monoisotopic (exact) mass is 244 g/mol. The number of hydrazine groups is 1. The van der Waals surface area contributed by atoms with Gasteiger partial charge in [0.2, 0.25) is 5.91 Å². The predicted molar refractivity (Wildman–Crippen MR) is 62.7 cm³/mol. The van der Waals surface area contributed by atoms with Crippen LogP contribution in [-0.4, -0.2) is 40.5 Å². The molecule has 0 bridgehead atoms. The number of nitrogens with one attached hydrogen (secondary N) is 2. The Bertz CT molecular complexity index is 341. The summed E-state index contributed by atoms with van der Waals surface area (Å²) >= 11 is 1.20. The maximum Gasteiger partial charge on any atom is 0.234 e. The highest BCUT2D eigenvalue weighted by Crippen LogP contribution is 2.16. The van der Waals surface area contributed by atoms with Crippen molar-refractivity contribution >= 4 is 22.4 Å². The summed E-state index contributed by atoms with van der Waals surface area (Å²) in [6.07, 6.45) is 0. The van der Waals surface area contributed by atoms with Gasteiger partial charge in [0.25, 0.3) is 0 Å². The summed E-state index contributed by atoms with van der Waals surface area (Å²) in [4.78, 5) is 13.2. The molecule has 7 nitrogen and oxygen atoms in total. The van der Waals surface area contributed by atoms with E-state index < -0.39 is 0 Å². The first kappa shape index (κ1) is 12.8. The van der Waals surface area contributed by atoms with E-state index >= 15 is 0 Å². The molecule has 0 aromatic carbocycles. The normalized spacial score (nSPS) is 10.5. The lowest BCUT2D eigenvalue weighted by atomic mass is 10.4. The van der Waals surface area contributed by atoms with E-state index in [1.54, 1.807) is 0 Å². The quantitative estimate of drug-likeness (QED) is 0.456. The molecule has 16 heavy (non-hydrogen) atoms. The second-order valence-electron chi connectivity index (χ2n) is 3.32. The number of carbonyl (C=O) groups excluding carboxylic acids is 1. The molecule has 0 aliphatic rings. The summed E-state index contributed by atoms with van der Waals surface area (Å²) in [7, 11) is 1.84. The second-order valence-corrected chi connectivity index (χ2v) is 4.07. The Morgan fingerprint density at radius 2 is 2.38 bits per heavy atom. The number of carbonyl (C=O) groups is 1. The first-order chi connectivity index (χ1) is 7.67. The van der Waals surface area contributed by atoms with E-state index in [1.807, 2.05) is 18.9 Å². The van der Waals surface area contributed by atoms with Crippen LogP contribution in [0.4, 0.5) is 5.00 Å². The number of nitrogens with zero attached hydrogens (tertiary/aromatic N) is 3. The molecule has 0 aliphatic heterocycles. The summed E-state index contributed by atoms with van der Waals surface area (Å²) in [5.41, 5.74) is 3.28. The van der Waals surface area contributed by atoms with Gasteiger partial charge in [-0.2, -0.15) is 0 Å². The van der Waals surface area contributed by atoms with E-state index in [4.69, 9.17) is 5.84 Å². The molecule has 0 fully saturated rings. The molecule has 0 atom stereocenters. The van der Waals surface area contributed by atoms with Crippen molar-refractivity contribution in [3.05, 3.63) is 5.69 Å². The summed E-state index contributed by atoms with van der Waals surface area (Å²) < 4.78 is 3.78. The van der Waals surface area contributed by atoms with Crippen LogP contribution in [0.1, 0.15) is 12.6 Å². The lowest BCUT2D eigenvalue weighted by molar-refractivity contribution is -0.121. The molecule has 90 valence electrons. The van der Waals surface area contributed by atoms with E-state index in [0.717, 1.165) is 10.7 Å². The van der Waals surface area contributed by atoms with Gasteiger partial charge in [-0.15, -0.1) is 5.10 Å². The van der Waals surface area contributed by atoms with Crippen molar-refractivity contribution in [2.75, 3.05) is 25.6 Å². The molecule has 1 amide bonds. The molecule has 0 saturated heterocycles. The Balaban J connectivity index is 2.45. The van der Waals surface area contributed by atoms with Crippen molar-refractivity contribution in [2.45, 2.75) is 13.5 Å². The van der Waals surface area contributed by atoms with Crippen LogP contribution in [0.2, 0.25) is 0 Å². The third-order valence-corrected chi connectivity index (χ3v) is 2.59. The highest BCUT2D eigenvalue weighted by Gasteiger charge is 2.11. The van der Waals surface area contributed by atoms with E-state index in [2.05, 4.69) is 20.3 Å². The van der Waals surface area contributed by atoms with Crippen LogP contribution >= 0.6 is 11.5 Å². The molecule has 1 aromatic rings. The zero-order valence-electron chi connectivity index (χ0n) is 9.36. The molecule has 1 heterocycles. The summed E-state index contributed by atoms with van der Waals surface area (Å²) in [5, 5.41) is 7.39. The zero-order chi connectivity index (χ0) is 12.0. The molecule has 0 radical (unpaired) electrons. The second kappa shape index (κ2) is 6.36. The average molecular weight is 244 g/mol. The topological polar surface area (TPSA) is 96.2 Å². The average Bonchev–Trinajstić information content (AvgIpc) is 2.65. The molecule has 0 unspecified atom stereocenters. The number of likely N-dealkylation sites (N-methyl/N-ethyl adjacent to an activating group) is 2. The smallest absolute Gasteiger partial charge is 0.234 e. The van der Waals surface area contributed by atoms with E-state index in [1.165, 1.54) is 11.5 Å². The van der Waals surface area contributed by atoms with Crippen LogP contribution in [-0.2, 0) is 11.3 Å². The maximum atomic E-state index is 11.3. The van der Waals surface area contributed by atoms with Gasteiger partial charge >= 0.3 is 0 Å². The Morgan fingerprint density at radius 1 is 1.62 bits per heavy atom. The number of hydrogen-bond donors (Lipinski definition) is 3. The van der Waals surface area contributed by atoms with Crippen molar-refractivity contribution in [2.24, 2.45) is 5.84 Å². The summed E-state index contributed by atoms with van der Waals surface area (Å²) in [5.74, 6) is 5.30. The van der Waals surface area contributed by atoms with Gasteiger partial charge in [0.1, 0.15) is 10.7 Å². The Kier molecular flexibility index (Phi) is 5.09. The Hall–Kier alpha value is -1.25. The van der Waals surface area contributed by atoms with Gasteiger partial charge in [0.15, 0.2) is 0 Å². The van der Waals surface area contributed by atoms with Crippen LogP contribution in [0, 0.1) is 0 Å². The first-order valence-corrected chi connectivity index (χ1v) is 5.67. The first-order valence-electron chi connectivity index (χ1n) is 4.90. The molecular weight excluding hydrogens is 228 g/mol. The highest BCUT2D eigenvalue weighted by molar-refractivity contribution is 7.10. The van der Waals surface area contributed by atoms with Gasteiger partial charge < -0.3 is 10.7 Å². The summed E-state index contributed by atoms with van der Waals surface area (Å²) in [6.45, 7) is 3.39. The number of amides is 1. The van der Waals surface area contributed by atoms with Crippen LogP contribution in [0.3, 0.4) is 0 Å². The fourth-order valence-electron chi connectivity index (χ4n) is 1.23. The number of anilines is 1. The van der Waals surface area contributed by atoms with E-state index in [0.29, 0.717) is 19.6 Å². The van der Waals surface area contributed by atoms with Crippen LogP contribution in [0.5, 0.6) is 0 Å². The fourth-order valence-corrected chi connectivity index (χ4v) is 1.72. The van der Waals surface area contributed by atoms with Gasteiger partial charge in [0.05, 0.1) is 6.54 Å². The predicted octanol–water partition coefficient (Wildman–Crippen LogP) is -0.608. The van der Waals surface area contributed by atoms with Crippen LogP contribution in [0.25, 0.3) is 0 Å². The van der Waals surface area contributed by atoms with Gasteiger partial charge in [-0.1, -0.05) is 4.49 Å². The fraction of sp³-hybridized carbons (Fsp3) is 0.625. The minimum absolute atomic E-state index is 0.00422. The van der Waals surface area contributed by atoms with E-state index in [9.17, 15) is 4.79 Å². The maximum absolute atomic E-state index is 11.3. The van der Waals surface area contributed by atoms with Gasteiger partial charge in [-0.25, -0.2) is 5.84 Å². The number of aromatic nitrogens is 2. The number of rotatable bonds is 6. The van der Waals surface area contributed by atoms with Gasteiger partial charge in [-0.05, 0) is 14.0 Å². The molecule has 0 saturated carbocycles. The molecule has 0 spiro atoms. The number of nitrogens with two attached hydrogens (primary N) is 1. The molecule has 8 heteroatoms. The number of hydrogen-bond acceptors (Lipinski definition) is 7. The van der Waals surface area contributed by atoms with Gasteiger partial charge in [-0.3, -0.25) is 9.69 Å². The Labute approximate surface area is 98.1 Å². The molecule has 0 aliphatic carbocycles. The van der Waals surface area contributed by atoms with Crippen LogP contribution in [0.15, 0.2) is 0 Å². The van der Waals surface area contributed by atoms with Crippen molar-refractivity contribution in [1.82, 2.24) is 19.8 Å². The molecule has 4 N–H and O–H groups in total. The Morgan fingerprint density at radius 3 is 3.00 bits per heavy atom. The third kappa shape index (κ3) is 3.72. The lowest BCUT2D eigenvalue weighted by Crippen LogP contribution is -2.34. The largest absolute Gasteiger partial charge is 0.355 e. The van der Waals surface area contributed by atoms with Crippen molar-refractivity contribution in [3.63, 3.8) is 0 Å². The number of nitrogen functional groups attached to an aromatic ring is 1. The van der Waals surface area contributed by atoms with Crippen molar-refractivity contribution in [3.8, 4) is 0 Å². The standard InChI is InChI=1S/C8H16N6OS/c1-3-10-7(15)5-14(2)4-6-8(11-9)16-13-12-6/h11H,3-5,9H2,1-2H3,(H,10,15). The van der Waals surface area contributed by atoms with Crippen molar-refractivity contribution in [1.29, 1.82) is 0 Å². The van der Waals surface area contributed by atoms with Gasteiger partial charge in [0, 0.05) is 24.6 Å².